The van der Waals surface area contributed by atoms with Gasteiger partial charge in [0.1, 0.15) is 4.83 Å². The highest BCUT2D eigenvalue weighted by Gasteiger charge is 2.31. The van der Waals surface area contributed by atoms with Crippen LogP contribution in [0.4, 0.5) is 0 Å². The van der Waals surface area contributed by atoms with Crippen molar-refractivity contribution in [2.24, 2.45) is 0 Å². The van der Waals surface area contributed by atoms with E-state index >= 15 is 0 Å². The van der Waals surface area contributed by atoms with E-state index in [9.17, 15) is 18.0 Å². The minimum Gasteiger partial charge on any atom is -0.344 e. The van der Waals surface area contributed by atoms with Crippen molar-refractivity contribution < 1.29 is 13.2 Å². The third kappa shape index (κ3) is 3.92. The van der Waals surface area contributed by atoms with E-state index in [0.717, 1.165) is 28.1 Å². The van der Waals surface area contributed by atoms with Crippen molar-refractivity contribution in [2.75, 3.05) is 11.5 Å². The fraction of sp³-hybridized carbons (Fsp3) is 0.320. The van der Waals surface area contributed by atoms with Gasteiger partial charge in [-0.25, -0.2) is 13.4 Å². The van der Waals surface area contributed by atoms with Crippen LogP contribution in [0.5, 0.6) is 0 Å². The number of thiophene rings is 1. The molecular weight excluding hydrogens is 470 g/mol. The average molecular weight is 496 g/mol. The van der Waals surface area contributed by atoms with E-state index in [1.165, 1.54) is 22.2 Å². The van der Waals surface area contributed by atoms with Crippen molar-refractivity contribution in [2.45, 2.75) is 39.8 Å². The Bertz CT molecular complexity index is 1590. The van der Waals surface area contributed by atoms with Gasteiger partial charge in [0.15, 0.2) is 15.6 Å². The van der Waals surface area contributed by atoms with Gasteiger partial charge in [0.05, 0.1) is 29.8 Å². The number of hydrogen-bond acceptors (Lipinski definition) is 6. The number of fused-ring (bicyclic) bond motifs is 1. The summed E-state index contributed by atoms with van der Waals surface area (Å²) in [7, 11) is -3.05. The maximum absolute atomic E-state index is 13.4. The highest BCUT2D eigenvalue weighted by Crippen LogP contribution is 2.31. The van der Waals surface area contributed by atoms with Gasteiger partial charge >= 0.3 is 0 Å². The first kappa shape index (κ1) is 22.7. The van der Waals surface area contributed by atoms with E-state index in [1.54, 1.807) is 6.07 Å². The summed E-state index contributed by atoms with van der Waals surface area (Å²) in [5.41, 5.74) is 4.75. The fourth-order valence-electron chi connectivity index (χ4n) is 4.87. The van der Waals surface area contributed by atoms with Crippen molar-refractivity contribution in [3.05, 3.63) is 74.9 Å². The average Bonchev–Trinajstić information content (AvgIpc) is 3.46. The number of benzene rings is 1. The second kappa shape index (κ2) is 8.32. The molecular formula is C25H25N3O4S2. The van der Waals surface area contributed by atoms with E-state index in [0.29, 0.717) is 22.2 Å². The highest BCUT2D eigenvalue weighted by molar-refractivity contribution is 7.91. The number of sulfone groups is 1. The first-order valence-electron chi connectivity index (χ1n) is 11.1. The van der Waals surface area contributed by atoms with Gasteiger partial charge in [-0.3, -0.25) is 14.2 Å². The molecule has 1 aliphatic rings. The van der Waals surface area contributed by atoms with Crippen LogP contribution >= 0.6 is 11.3 Å². The second-order valence-corrected chi connectivity index (χ2v) is 12.1. The summed E-state index contributed by atoms with van der Waals surface area (Å²) < 4.78 is 27.2. The summed E-state index contributed by atoms with van der Waals surface area (Å²) in [4.78, 5) is 31.7. The lowest BCUT2D eigenvalue weighted by Gasteiger charge is -2.16. The zero-order chi connectivity index (χ0) is 24.2. The molecule has 0 N–H and O–H groups in total. The van der Waals surface area contributed by atoms with Crippen molar-refractivity contribution in [3.63, 3.8) is 0 Å². The fourth-order valence-corrected chi connectivity index (χ4v) is 7.47. The Hall–Kier alpha value is -3.04. The molecule has 34 heavy (non-hydrogen) atoms. The molecule has 4 heterocycles. The Kier molecular flexibility index (Phi) is 5.56. The summed E-state index contributed by atoms with van der Waals surface area (Å²) in [6, 6.07) is 9.61. The molecule has 0 radical (unpaired) electrons. The molecule has 0 aliphatic carbocycles. The molecule has 0 spiro atoms. The molecule has 176 valence electrons. The number of ketones is 1. The summed E-state index contributed by atoms with van der Waals surface area (Å²) in [6.07, 6.45) is 1.98. The summed E-state index contributed by atoms with van der Waals surface area (Å²) in [5.74, 6) is 0.0654. The van der Waals surface area contributed by atoms with Gasteiger partial charge in [0, 0.05) is 33.9 Å². The van der Waals surface area contributed by atoms with Crippen LogP contribution in [0.15, 0.2) is 46.8 Å². The molecule has 1 aromatic carbocycles. The number of aryl methyl sites for hydroxylation is 2. The minimum absolute atomic E-state index is 0.0942. The lowest BCUT2D eigenvalue weighted by atomic mass is 10.1. The summed E-state index contributed by atoms with van der Waals surface area (Å²) in [5, 5.41) is 2.45. The third-order valence-electron chi connectivity index (χ3n) is 6.60. The van der Waals surface area contributed by atoms with Crippen LogP contribution in [0.2, 0.25) is 0 Å². The number of rotatable bonds is 5. The highest BCUT2D eigenvalue weighted by atomic mass is 32.2. The molecule has 0 saturated carbocycles. The van der Waals surface area contributed by atoms with Crippen LogP contribution in [-0.4, -0.2) is 39.8 Å². The van der Waals surface area contributed by atoms with Gasteiger partial charge in [-0.2, -0.15) is 0 Å². The lowest BCUT2D eigenvalue weighted by Crippen LogP contribution is -2.25. The number of Topliss-reactive ketones (excluding diaryl/α,β-unsaturated/α-hetero) is 1. The van der Waals surface area contributed by atoms with Crippen molar-refractivity contribution in [3.8, 4) is 11.1 Å². The number of aromatic nitrogens is 3. The van der Waals surface area contributed by atoms with E-state index in [4.69, 9.17) is 0 Å². The molecule has 0 unspecified atom stereocenters. The summed E-state index contributed by atoms with van der Waals surface area (Å²) >= 11 is 1.41. The second-order valence-electron chi connectivity index (χ2n) is 9.01. The number of carbonyl (C=O) groups excluding carboxylic acids is 1. The topological polar surface area (TPSA) is 91.0 Å². The molecule has 4 aromatic rings. The molecule has 1 saturated heterocycles. The first-order valence-corrected chi connectivity index (χ1v) is 13.8. The predicted molar refractivity (Wildman–Crippen MR) is 135 cm³/mol. The molecule has 5 rings (SSSR count). The zero-order valence-corrected chi connectivity index (χ0v) is 20.9. The Morgan fingerprint density at radius 2 is 1.91 bits per heavy atom. The molecule has 0 bridgehead atoms. The van der Waals surface area contributed by atoms with Gasteiger partial charge in [-0.15, -0.1) is 11.3 Å². The monoisotopic (exact) mass is 495 g/mol. The maximum Gasteiger partial charge on any atom is 0.263 e. The maximum atomic E-state index is 13.4. The van der Waals surface area contributed by atoms with Gasteiger partial charge < -0.3 is 4.57 Å². The lowest BCUT2D eigenvalue weighted by molar-refractivity contribution is 0.0970. The van der Waals surface area contributed by atoms with Gasteiger partial charge in [-0.1, -0.05) is 29.8 Å². The number of carbonyl (C=O) groups is 1. The Labute approximate surface area is 201 Å². The zero-order valence-electron chi connectivity index (χ0n) is 19.2. The van der Waals surface area contributed by atoms with Crippen LogP contribution < -0.4 is 5.56 Å². The van der Waals surface area contributed by atoms with Crippen LogP contribution in [0.3, 0.4) is 0 Å². The predicted octanol–water partition coefficient (Wildman–Crippen LogP) is 4.09. The van der Waals surface area contributed by atoms with Crippen LogP contribution in [-0.2, 0) is 16.4 Å². The third-order valence-corrected chi connectivity index (χ3v) is 9.23. The molecule has 1 fully saturated rings. The minimum atomic E-state index is -3.05. The number of nitrogens with zero attached hydrogens (tertiary/aromatic N) is 3. The van der Waals surface area contributed by atoms with Crippen molar-refractivity contribution >= 4 is 37.2 Å². The SMILES string of the molecule is Cc1ccc(-c2csc3ncn(CC(=O)c4cc(C)n([C@H]5CCS(=O)(=O)C5)c4C)c(=O)c23)cc1. The number of hydrogen-bond donors (Lipinski definition) is 0. The molecule has 3 aromatic heterocycles. The van der Waals surface area contributed by atoms with Crippen molar-refractivity contribution in [1.82, 2.24) is 14.1 Å². The van der Waals surface area contributed by atoms with Crippen LogP contribution in [0.1, 0.15) is 39.8 Å². The van der Waals surface area contributed by atoms with E-state index in [-0.39, 0.29) is 35.4 Å². The quantitative estimate of drug-likeness (QED) is 0.389. The van der Waals surface area contributed by atoms with E-state index in [1.807, 2.05) is 55.0 Å². The smallest absolute Gasteiger partial charge is 0.263 e. The largest absolute Gasteiger partial charge is 0.344 e. The first-order chi connectivity index (χ1) is 16.1. The van der Waals surface area contributed by atoms with Gasteiger partial charge in [-0.05, 0) is 38.8 Å². The van der Waals surface area contributed by atoms with Crippen LogP contribution in [0, 0.1) is 20.8 Å². The Morgan fingerprint density at radius 1 is 1.18 bits per heavy atom. The summed E-state index contributed by atoms with van der Waals surface area (Å²) in [6.45, 7) is 5.61. The standard InChI is InChI=1S/C25H25N3O4S2/c1-15-4-6-18(7-5-15)21-12-33-24-23(21)25(30)27(14-26-24)11-22(29)20-10-16(2)28(17(20)3)19-8-9-34(31,32)13-19/h4-7,10,12,14,19H,8-9,11,13H2,1-3H3/t19-/m0/s1. The molecule has 9 heteroatoms. The van der Waals surface area contributed by atoms with Crippen molar-refractivity contribution in [1.29, 1.82) is 0 Å². The molecule has 0 amide bonds. The van der Waals surface area contributed by atoms with E-state index < -0.39 is 9.84 Å². The van der Waals surface area contributed by atoms with Gasteiger partial charge in [0.25, 0.3) is 5.56 Å². The Morgan fingerprint density at radius 3 is 2.59 bits per heavy atom. The van der Waals surface area contributed by atoms with Crippen LogP contribution in [0.25, 0.3) is 21.3 Å². The van der Waals surface area contributed by atoms with E-state index in [2.05, 4.69) is 4.98 Å². The molecule has 7 nitrogen and oxygen atoms in total. The normalized spacial score (nSPS) is 17.4. The molecule has 1 atom stereocenters. The van der Waals surface area contributed by atoms with Gasteiger partial charge in [0.2, 0.25) is 0 Å². The molecule has 1 aliphatic heterocycles. The Balaban J connectivity index is 1.48.